The predicted molar refractivity (Wildman–Crippen MR) is 105 cm³/mol. The van der Waals surface area contributed by atoms with Crippen molar-refractivity contribution in [3.8, 4) is 6.07 Å². The molecule has 0 radical (unpaired) electrons. The molecule has 1 atom stereocenters. The lowest BCUT2D eigenvalue weighted by Gasteiger charge is -2.23. The van der Waals surface area contributed by atoms with Crippen molar-refractivity contribution in [1.29, 1.82) is 5.26 Å². The van der Waals surface area contributed by atoms with Gasteiger partial charge in [0.05, 0.1) is 33.5 Å². The third-order valence-electron chi connectivity index (χ3n) is 5.28. The van der Waals surface area contributed by atoms with Crippen LogP contribution in [0.4, 0.5) is 5.82 Å². The lowest BCUT2D eigenvalue weighted by atomic mass is 10.0. The highest BCUT2D eigenvalue weighted by Gasteiger charge is 2.32. The summed E-state index contributed by atoms with van der Waals surface area (Å²) in [7, 11) is 0. The molecule has 2 aliphatic rings. The van der Waals surface area contributed by atoms with Crippen LogP contribution in [0, 0.1) is 11.3 Å². The molecule has 4 rings (SSSR count). The number of aromatic nitrogens is 2. The second-order valence-electron chi connectivity index (χ2n) is 7.06. The molecule has 0 bridgehead atoms. The summed E-state index contributed by atoms with van der Waals surface area (Å²) in [5.41, 5.74) is 2.37. The Morgan fingerprint density at radius 2 is 1.88 bits per heavy atom. The van der Waals surface area contributed by atoms with E-state index in [1.165, 1.54) is 25.7 Å². The fourth-order valence-electron chi connectivity index (χ4n) is 3.96. The van der Waals surface area contributed by atoms with Crippen LogP contribution in [0.2, 0.25) is 0 Å². The van der Waals surface area contributed by atoms with E-state index in [1.54, 1.807) is 11.8 Å². The van der Waals surface area contributed by atoms with Crippen molar-refractivity contribution >= 4 is 22.6 Å². The second kappa shape index (κ2) is 7.16. The Balaban J connectivity index is 1.77. The number of hydrogen-bond acceptors (Lipinski definition) is 4. The van der Waals surface area contributed by atoms with Gasteiger partial charge in [0.25, 0.3) is 5.56 Å². The number of aliphatic imine (C=N–C) groups is 1. The Bertz CT molecular complexity index is 924. The fraction of sp³-hybridized carbons (Fsp3) is 0.450. The van der Waals surface area contributed by atoms with Crippen LogP contribution < -0.4 is 5.56 Å². The molecule has 0 spiro atoms. The Morgan fingerprint density at radius 1 is 1.19 bits per heavy atom. The maximum absolute atomic E-state index is 12.8. The van der Waals surface area contributed by atoms with Crippen molar-refractivity contribution in [2.45, 2.75) is 56.7 Å². The van der Waals surface area contributed by atoms with Crippen LogP contribution in [0.5, 0.6) is 0 Å². The summed E-state index contributed by atoms with van der Waals surface area (Å²) >= 11 is 1.61. The summed E-state index contributed by atoms with van der Waals surface area (Å²) in [6.45, 7) is 2.00. The SMILES string of the molecule is CC1=Nc2c(c(=O)[nH]n2C2CCCCCC2)C(c2ccc(C#N)cc2)S1. The monoisotopic (exact) mass is 366 g/mol. The number of hydrogen-bond donors (Lipinski definition) is 1. The van der Waals surface area contributed by atoms with E-state index in [0.717, 1.165) is 34.8 Å². The van der Waals surface area contributed by atoms with E-state index < -0.39 is 0 Å². The van der Waals surface area contributed by atoms with E-state index in [9.17, 15) is 4.79 Å². The third kappa shape index (κ3) is 3.12. The zero-order valence-corrected chi connectivity index (χ0v) is 15.7. The predicted octanol–water partition coefficient (Wildman–Crippen LogP) is 4.83. The van der Waals surface area contributed by atoms with Gasteiger partial charge in [-0.25, -0.2) is 4.99 Å². The molecule has 1 aliphatic carbocycles. The van der Waals surface area contributed by atoms with Gasteiger partial charge in [-0.15, -0.1) is 0 Å². The van der Waals surface area contributed by atoms with Crippen LogP contribution in [-0.2, 0) is 0 Å². The van der Waals surface area contributed by atoms with Crippen molar-refractivity contribution in [1.82, 2.24) is 9.78 Å². The number of nitriles is 1. The largest absolute Gasteiger partial charge is 0.271 e. The number of benzene rings is 1. The molecule has 5 nitrogen and oxygen atoms in total. The molecule has 1 aromatic heterocycles. The first-order valence-electron chi connectivity index (χ1n) is 9.24. The van der Waals surface area contributed by atoms with Gasteiger partial charge in [0.2, 0.25) is 0 Å². The van der Waals surface area contributed by atoms with E-state index in [4.69, 9.17) is 10.3 Å². The lowest BCUT2D eigenvalue weighted by Crippen LogP contribution is -2.13. The molecule has 1 saturated carbocycles. The smallest absolute Gasteiger partial charge is 0.268 e. The number of thioether (sulfide) groups is 1. The first kappa shape index (κ1) is 17.2. The molecule has 1 unspecified atom stereocenters. The quantitative estimate of drug-likeness (QED) is 0.774. The van der Waals surface area contributed by atoms with Gasteiger partial charge in [0.15, 0.2) is 5.82 Å². The molecular formula is C20H22N4OS. The van der Waals surface area contributed by atoms with Crippen molar-refractivity contribution in [2.75, 3.05) is 0 Å². The summed E-state index contributed by atoms with van der Waals surface area (Å²) in [5.74, 6) is 0.799. The number of H-pyrrole nitrogens is 1. The molecule has 1 aromatic carbocycles. The lowest BCUT2D eigenvalue weighted by molar-refractivity contribution is 0.407. The van der Waals surface area contributed by atoms with E-state index in [0.29, 0.717) is 11.6 Å². The van der Waals surface area contributed by atoms with Crippen LogP contribution >= 0.6 is 11.8 Å². The highest BCUT2D eigenvalue weighted by molar-refractivity contribution is 8.14. The molecule has 0 saturated heterocycles. The molecule has 2 aromatic rings. The van der Waals surface area contributed by atoms with Crippen molar-refractivity contribution in [3.05, 3.63) is 51.3 Å². The van der Waals surface area contributed by atoms with Crippen LogP contribution in [-0.4, -0.2) is 14.8 Å². The van der Waals surface area contributed by atoms with Gasteiger partial charge >= 0.3 is 0 Å². The molecular weight excluding hydrogens is 344 g/mol. The van der Waals surface area contributed by atoms with Gasteiger partial charge in [0.1, 0.15) is 0 Å². The molecule has 26 heavy (non-hydrogen) atoms. The van der Waals surface area contributed by atoms with Crippen LogP contribution in [0.1, 0.15) is 73.4 Å². The zero-order valence-electron chi connectivity index (χ0n) is 14.9. The van der Waals surface area contributed by atoms with Gasteiger partial charge in [-0.3, -0.25) is 14.6 Å². The van der Waals surface area contributed by atoms with Crippen LogP contribution in [0.3, 0.4) is 0 Å². The Hall–Kier alpha value is -2.26. The van der Waals surface area contributed by atoms with Gasteiger partial charge in [0, 0.05) is 0 Å². The highest BCUT2D eigenvalue weighted by atomic mass is 32.2. The normalized spacial score (nSPS) is 20.8. The number of fused-ring (bicyclic) bond motifs is 1. The van der Waals surface area contributed by atoms with E-state index in [-0.39, 0.29) is 10.8 Å². The minimum absolute atomic E-state index is 0.0395. The number of aromatic amines is 1. The maximum atomic E-state index is 12.8. The second-order valence-corrected chi connectivity index (χ2v) is 8.35. The Morgan fingerprint density at radius 3 is 2.54 bits per heavy atom. The van der Waals surface area contributed by atoms with E-state index in [1.807, 2.05) is 35.9 Å². The zero-order chi connectivity index (χ0) is 18.1. The summed E-state index contributed by atoms with van der Waals surface area (Å²) in [5, 5.41) is 13.0. The molecule has 2 heterocycles. The topological polar surface area (TPSA) is 73.9 Å². The number of nitrogens with one attached hydrogen (secondary N) is 1. The van der Waals surface area contributed by atoms with Crippen LogP contribution in [0.15, 0.2) is 34.1 Å². The molecule has 0 amide bonds. The van der Waals surface area contributed by atoms with Gasteiger partial charge in [-0.2, -0.15) is 5.26 Å². The maximum Gasteiger partial charge on any atom is 0.271 e. The standard InChI is InChI=1S/C20H22N4OS/c1-13-22-19-17(18(26-13)15-10-8-14(12-21)9-11-15)20(25)23-24(19)16-6-4-2-3-5-7-16/h8-11,16,18H,2-7H2,1H3,(H,23,25). The minimum atomic E-state index is -0.0778. The summed E-state index contributed by atoms with van der Waals surface area (Å²) in [6, 6.07) is 9.99. The molecule has 1 N–H and O–H groups in total. The number of nitrogens with zero attached hydrogens (tertiary/aromatic N) is 3. The van der Waals surface area contributed by atoms with Crippen molar-refractivity contribution in [2.24, 2.45) is 4.99 Å². The van der Waals surface area contributed by atoms with Gasteiger partial charge in [-0.1, -0.05) is 49.6 Å². The van der Waals surface area contributed by atoms with Crippen LogP contribution in [0.25, 0.3) is 0 Å². The molecule has 6 heteroatoms. The summed E-state index contributed by atoms with van der Waals surface area (Å²) in [4.78, 5) is 17.6. The fourth-order valence-corrected chi connectivity index (χ4v) is 5.06. The van der Waals surface area contributed by atoms with Gasteiger partial charge < -0.3 is 0 Å². The first-order valence-corrected chi connectivity index (χ1v) is 10.1. The highest BCUT2D eigenvalue weighted by Crippen LogP contribution is 2.45. The van der Waals surface area contributed by atoms with Gasteiger partial charge in [-0.05, 0) is 37.5 Å². The minimum Gasteiger partial charge on any atom is -0.268 e. The number of rotatable bonds is 2. The molecule has 1 fully saturated rings. The molecule has 134 valence electrons. The average molecular weight is 366 g/mol. The van der Waals surface area contributed by atoms with E-state index in [2.05, 4.69) is 11.2 Å². The van der Waals surface area contributed by atoms with Crippen molar-refractivity contribution < 1.29 is 0 Å². The average Bonchev–Trinajstić information content (AvgIpc) is 2.84. The van der Waals surface area contributed by atoms with E-state index >= 15 is 0 Å². The third-order valence-corrected chi connectivity index (χ3v) is 6.46. The molecule has 1 aliphatic heterocycles. The Labute approximate surface area is 157 Å². The summed E-state index contributed by atoms with van der Waals surface area (Å²) in [6.07, 6.45) is 7.15. The first-order chi connectivity index (χ1) is 12.7. The van der Waals surface area contributed by atoms with Crippen molar-refractivity contribution in [3.63, 3.8) is 0 Å². The summed E-state index contributed by atoms with van der Waals surface area (Å²) < 4.78 is 2.03. The Kier molecular flexibility index (Phi) is 4.73.